The number of rotatable bonds is 17. The zero-order valence-corrected chi connectivity index (χ0v) is 43.0. The van der Waals surface area contributed by atoms with Gasteiger partial charge in [-0.1, -0.05) is 97.1 Å². The highest BCUT2D eigenvalue weighted by Crippen LogP contribution is 2.27. The minimum absolute atomic E-state index is 0. The molecule has 19 heteroatoms. The highest BCUT2D eigenvalue weighted by atomic mass is 35.5. The summed E-state index contributed by atoms with van der Waals surface area (Å²) in [5.41, 5.74) is 8.09. The third-order valence-corrected chi connectivity index (χ3v) is 11.2. The number of hydrogen-bond donors (Lipinski definition) is 4. The van der Waals surface area contributed by atoms with Crippen LogP contribution in [-0.4, -0.2) is 77.0 Å². The predicted molar refractivity (Wildman–Crippen MR) is 280 cm³/mol. The molecule has 8 aromatic rings. The monoisotopic (exact) mass is 1030 g/mol. The number of nitrogens with zero attached hydrogens (tertiary/aromatic N) is 6. The Bertz CT molecular complexity index is 3160. The number of benzene rings is 4. The highest BCUT2D eigenvalue weighted by molar-refractivity contribution is 5.89. The topological polar surface area (TPSA) is 201 Å². The molecule has 0 radical (unpaired) electrons. The normalized spacial score (nSPS) is 12.5. The van der Waals surface area contributed by atoms with E-state index in [-0.39, 0.29) is 43.2 Å². The van der Waals surface area contributed by atoms with E-state index in [1.54, 1.807) is 130 Å². The van der Waals surface area contributed by atoms with Crippen LogP contribution >= 0.6 is 12.4 Å². The fourth-order valence-electron chi connectivity index (χ4n) is 7.40. The Morgan fingerprint density at radius 1 is 0.568 bits per heavy atom. The van der Waals surface area contributed by atoms with Gasteiger partial charge in [0, 0.05) is 34.6 Å². The molecule has 4 aromatic carbocycles. The van der Waals surface area contributed by atoms with Gasteiger partial charge in [0.15, 0.2) is 22.9 Å². The van der Waals surface area contributed by atoms with E-state index in [0.717, 1.165) is 11.1 Å². The minimum atomic E-state index is -1.32. The van der Waals surface area contributed by atoms with Gasteiger partial charge in [0.1, 0.15) is 34.9 Å². The van der Waals surface area contributed by atoms with Crippen LogP contribution in [-0.2, 0) is 37.0 Å². The van der Waals surface area contributed by atoms with Gasteiger partial charge < -0.3 is 35.9 Å². The fourth-order valence-corrected chi connectivity index (χ4v) is 7.40. The summed E-state index contributed by atoms with van der Waals surface area (Å²) in [6, 6.07) is 38.1. The molecule has 0 saturated carbocycles. The summed E-state index contributed by atoms with van der Waals surface area (Å²) in [7, 11) is 0. The van der Waals surface area contributed by atoms with Gasteiger partial charge in [-0.25, -0.2) is 13.6 Å². The Morgan fingerprint density at radius 3 is 1.38 bits per heavy atom. The Balaban J connectivity index is 0.000000242. The maximum absolute atomic E-state index is 14.5. The first-order valence-electron chi connectivity index (χ1n) is 23.6. The maximum Gasteiger partial charge on any atom is 0.408 e. The van der Waals surface area contributed by atoms with Crippen LogP contribution in [0, 0.1) is 11.6 Å². The summed E-state index contributed by atoms with van der Waals surface area (Å²) in [6.07, 6.45) is 2.77. The fraction of sp³-hybridized carbons (Fsp3) is 0.291. The van der Waals surface area contributed by atoms with Crippen molar-refractivity contribution in [3.63, 3.8) is 0 Å². The molecule has 0 saturated heterocycles. The number of fused-ring (bicyclic) bond motifs is 2. The Labute approximate surface area is 434 Å². The van der Waals surface area contributed by atoms with Crippen LogP contribution in [0.25, 0.3) is 33.5 Å². The second-order valence-electron chi connectivity index (χ2n) is 19.4. The molecule has 4 aromatic heterocycles. The molecule has 0 aliphatic rings. The molecule has 4 heterocycles. The largest absolute Gasteiger partial charge is 0.444 e. The number of carbonyl (C=O) groups is 3. The lowest BCUT2D eigenvalue weighted by Crippen LogP contribution is -2.56. The molecule has 8 rings (SSSR count). The van der Waals surface area contributed by atoms with E-state index in [1.807, 2.05) is 60.7 Å². The van der Waals surface area contributed by atoms with Crippen molar-refractivity contribution in [3.8, 4) is 22.3 Å². The first kappa shape index (κ1) is 55.7. The number of aromatic nitrogens is 6. The number of carbonyl (C=O) groups excluding carboxylic acids is 3. The van der Waals surface area contributed by atoms with Crippen LogP contribution in [0.5, 0.6) is 0 Å². The number of amides is 3. The van der Waals surface area contributed by atoms with E-state index >= 15 is 0 Å². The third kappa shape index (κ3) is 14.7. The number of alkyl carbamates (subject to hydrolysis) is 1. The lowest BCUT2D eigenvalue weighted by molar-refractivity contribution is -0.128. The second kappa shape index (κ2) is 24.4. The van der Waals surface area contributed by atoms with Gasteiger partial charge >= 0.3 is 6.09 Å². The summed E-state index contributed by atoms with van der Waals surface area (Å²) < 4.78 is 49.5. The molecule has 0 fully saturated rings. The highest BCUT2D eigenvalue weighted by Gasteiger charge is 2.35. The van der Waals surface area contributed by atoms with E-state index in [2.05, 4.69) is 36.3 Å². The van der Waals surface area contributed by atoms with Gasteiger partial charge in [-0.15, -0.1) is 32.8 Å². The smallest absolute Gasteiger partial charge is 0.408 e. The predicted octanol–water partition coefficient (Wildman–Crippen LogP) is 9.28. The van der Waals surface area contributed by atoms with E-state index in [4.69, 9.17) is 19.9 Å². The molecular formula is C55H61ClF2N10O6. The van der Waals surface area contributed by atoms with Crippen molar-refractivity contribution in [2.24, 2.45) is 5.73 Å². The van der Waals surface area contributed by atoms with Crippen molar-refractivity contribution < 1.29 is 37.4 Å². The van der Waals surface area contributed by atoms with Gasteiger partial charge in [-0.05, 0) is 96.0 Å². The quantitative estimate of drug-likeness (QED) is 0.0677. The first-order chi connectivity index (χ1) is 34.8. The lowest BCUT2D eigenvalue weighted by Gasteiger charge is -2.29. The minimum Gasteiger partial charge on any atom is -0.444 e. The third-order valence-electron chi connectivity index (χ3n) is 11.2. The molecule has 16 nitrogen and oxygen atoms in total. The van der Waals surface area contributed by atoms with E-state index in [1.165, 1.54) is 12.1 Å². The summed E-state index contributed by atoms with van der Waals surface area (Å²) in [5, 5.41) is 25.6. The van der Waals surface area contributed by atoms with Crippen LogP contribution in [0.15, 0.2) is 146 Å². The molecule has 0 unspecified atom stereocenters. The molecular weight excluding hydrogens is 970 g/mol. The zero-order valence-electron chi connectivity index (χ0n) is 42.2. The van der Waals surface area contributed by atoms with Gasteiger partial charge in [0.25, 0.3) is 0 Å². The number of nitrogens with two attached hydrogens (primary N) is 1. The van der Waals surface area contributed by atoms with Crippen LogP contribution < -0.4 is 21.7 Å². The Morgan fingerprint density at radius 2 is 0.973 bits per heavy atom. The summed E-state index contributed by atoms with van der Waals surface area (Å²) in [4.78, 5) is 38.5. The van der Waals surface area contributed by atoms with E-state index < -0.39 is 40.8 Å². The molecule has 74 heavy (non-hydrogen) atoms. The maximum atomic E-state index is 14.5. The average molecular weight is 1030 g/mol. The van der Waals surface area contributed by atoms with E-state index in [0.29, 0.717) is 58.4 Å². The Kier molecular flexibility index (Phi) is 18.3. The number of pyridine rings is 2. The van der Waals surface area contributed by atoms with Gasteiger partial charge in [-0.3, -0.25) is 18.4 Å². The molecule has 3 amide bonds. The van der Waals surface area contributed by atoms with Crippen LogP contribution in [0.3, 0.4) is 0 Å². The number of hydrogen-bond acceptors (Lipinski definition) is 11. The zero-order chi connectivity index (χ0) is 52.3. The van der Waals surface area contributed by atoms with Crippen molar-refractivity contribution >= 4 is 41.6 Å². The first-order valence-corrected chi connectivity index (χ1v) is 23.6. The van der Waals surface area contributed by atoms with Crippen molar-refractivity contribution in [1.82, 2.24) is 45.1 Å². The Hall–Kier alpha value is -7.64. The summed E-state index contributed by atoms with van der Waals surface area (Å²) in [6.45, 7) is 12.5. The van der Waals surface area contributed by atoms with Crippen LogP contribution in [0.4, 0.5) is 13.6 Å². The molecule has 2 atom stereocenters. The molecule has 0 bridgehead atoms. The molecule has 0 aliphatic carbocycles. The molecule has 0 aliphatic heterocycles. The lowest BCUT2D eigenvalue weighted by atomic mass is 10.0. The molecule has 388 valence electrons. The number of ether oxygens (including phenoxy) is 3. The second-order valence-corrected chi connectivity index (χ2v) is 19.4. The molecule has 5 N–H and O–H groups in total. The van der Waals surface area contributed by atoms with Gasteiger partial charge in [0.2, 0.25) is 11.8 Å². The van der Waals surface area contributed by atoms with Crippen molar-refractivity contribution in [2.45, 2.75) is 90.4 Å². The van der Waals surface area contributed by atoms with Gasteiger partial charge in [0.05, 0.1) is 32.0 Å². The summed E-state index contributed by atoms with van der Waals surface area (Å²) in [5.74, 6) is -0.655. The van der Waals surface area contributed by atoms with Gasteiger partial charge in [-0.2, -0.15) is 0 Å². The van der Waals surface area contributed by atoms with Crippen LogP contribution in [0.1, 0.15) is 83.3 Å². The molecule has 0 spiro atoms. The van der Waals surface area contributed by atoms with Crippen molar-refractivity contribution in [1.29, 1.82) is 0 Å². The van der Waals surface area contributed by atoms with Crippen molar-refractivity contribution in [2.75, 3.05) is 13.2 Å². The SMILES string of the molecule is CC(C)(C)OC(=O)NC(C)(C)C(=O)N[C@H](COCc1ccccc1)c1nnc2ccc(-c3ccccc3F)cn12.CC(C)(N)C(=O)N[C@H](COCc1ccccc1)c1nnc2ccc(-c3ccccc3F)cn12.Cl. The standard InChI is InChI=1S/C30H34FN5O4.C25H26FN5O2.ClH/c1-29(2,3)40-28(38)33-30(4,5)27(37)32-24(19-39-18-20-11-7-6-8-12-20)26-35-34-25-16-15-21(17-36(25)26)22-13-9-10-14-23(22)31;1-25(2,27)24(32)28-21(16-33-15-17-8-4-3-5-9-17)23-30-29-22-13-12-18(14-31(22)23)19-10-6-7-11-20(19)26;/h6-17,24H,18-19H2,1-5H3,(H,32,37)(H,33,38);3-14,21H,15-16,27H2,1-2H3,(H,28,32);1H/t24-;21-;/m11./s1. The van der Waals surface area contributed by atoms with Crippen LogP contribution in [0.2, 0.25) is 0 Å². The summed E-state index contributed by atoms with van der Waals surface area (Å²) >= 11 is 0. The number of halogens is 3. The van der Waals surface area contributed by atoms with Crippen molar-refractivity contribution in [3.05, 3.63) is 180 Å². The number of nitrogens with one attached hydrogen (secondary N) is 3. The average Bonchev–Trinajstić information content (AvgIpc) is 3.97. The van der Waals surface area contributed by atoms with E-state index in [9.17, 15) is 23.2 Å².